The lowest BCUT2D eigenvalue weighted by Gasteiger charge is -2.28. The molecule has 0 radical (unpaired) electrons. The maximum atomic E-state index is 11.4. The quantitative estimate of drug-likeness (QED) is 0.849. The molecule has 1 N–H and O–H groups in total. The summed E-state index contributed by atoms with van der Waals surface area (Å²) in [5.41, 5.74) is 0. The van der Waals surface area contributed by atoms with Crippen molar-refractivity contribution in [1.82, 2.24) is 5.32 Å². The molecule has 2 atom stereocenters. The molecule has 6 heteroatoms. The van der Waals surface area contributed by atoms with Crippen LogP contribution in [0.5, 0.6) is 0 Å². The number of thiophene rings is 1. The second-order valence-electron chi connectivity index (χ2n) is 3.47. The average molecular weight is 322 g/mol. The molecule has 1 aromatic rings. The predicted octanol–water partition coefficient (Wildman–Crippen LogP) is 2.43. The third-order valence-corrected chi connectivity index (χ3v) is 5.27. The van der Waals surface area contributed by atoms with E-state index in [1.807, 2.05) is 6.07 Å². The summed E-state index contributed by atoms with van der Waals surface area (Å²) >= 11 is 6.94. The minimum atomic E-state index is -0.186. The molecule has 1 aliphatic rings. The molecule has 2 unspecified atom stereocenters. The Morgan fingerprint density at radius 2 is 2.38 bits per heavy atom. The zero-order valence-corrected chi connectivity index (χ0v) is 12.0. The zero-order valence-electron chi connectivity index (χ0n) is 8.73. The van der Waals surface area contributed by atoms with Gasteiger partial charge in [-0.3, -0.25) is 10.1 Å². The molecule has 0 saturated carbocycles. The molecule has 0 amide bonds. The highest BCUT2D eigenvalue weighted by atomic mass is 79.9. The van der Waals surface area contributed by atoms with Crippen molar-refractivity contribution in [3.63, 3.8) is 0 Å². The molecule has 0 aromatic carbocycles. The Hall–Kier alpha value is -0.0400. The Morgan fingerprint density at radius 3 is 3.00 bits per heavy atom. The zero-order chi connectivity index (χ0) is 11.5. The molecule has 2 heterocycles. The molecular weight excluding hydrogens is 310 g/mol. The van der Waals surface area contributed by atoms with Gasteiger partial charge in [-0.25, -0.2) is 0 Å². The molecule has 1 saturated heterocycles. The van der Waals surface area contributed by atoms with Crippen LogP contribution in [0, 0.1) is 0 Å². The van der Waals surface area contributed by atoms with Gasteiger partial charge in [0.2, 0.25) is 0 Å². The Labute approximate surface area is 111 Å². The highest BCUT2D eigenvalue weighted by Crippen LogP contribution is 2.31. The number of hydrogen-bond donors (Lipinski definition) is 1. The number of rotatable bonds is 2. The summed E-state index contributed by atoms with van der Waals surface area (Å²) in [6.07, 6.45) is 0. The summed E-state index contributed by atoms with van der Waals surface area (Å²) in [7, 11) is 1.43. The van der Waals surface area contributed by atoms with Gasteiger partial charge in [0.1, 0.15) is 6.04 Å². The fraction of sp³-hybridized carbons (Fsp3) is 0.500. The standard InChI is InChI=1S/C10H12BrNO2S2/c1-14-10(13)7-5-15-4-6(12-7)8-2-3-9(11)16-8/h2-3,6-7,12H,4-5H2,1H3. The molecular formula is C10H12BrNO2S2. The van der Waals surface area contributed by atoms with Crippen LogP contribution in [0.25, 0.3) is 0 Å². The summed E-state index contributed by atoms with van der Waals surface area (Å²) in [5, 5.41) is 3.33. The van der Waals surface area contributed by atoms with E-state index < -0.39 is 0 Å². The van der Waals surface area contributed by atoms with Gasteiger partial charge in [-0.2, -0.15) is 11.8 Å². The van der Waals surface area contributed by atoms with Gasteiger partial charge in [0.15, 0.2) is 0 Å². The van der Waals surface area contributed by atoms with Crippen LogP contribution in [-0.2, 0) is 9.53 Å². The molecule has 0 aliphatic carbocycles. The Morgan fingerprint density at radius 1 is 1.56 bits per heavy atom. The number of methoxy groups -OCH3 is 1. The number of halogens is 1. The largest absolute Gasteiger partial charge is 0.468 e. The van der Waals surface area contributed by atoms with Gasteiger partial charge in [-0.15, -0.1) is 11.3 Å². The van der Waals surface area contributed by atoms with Crippen molar-refractivity contribution in [2.45, 2.75) is 12.1 Å². The predicted molar refractivity (Wildman–Crippen MR) is 71.0 cm³/mol. The van der Waals surface area contributed by atoms with Crippen LogP contribution in [0.1, 0.15) is 10.9 Å². The minimum Gasteiger partial charge on any atom is -0.468 e. The van der Waals surface area contributed by atoms with Crippen molar-refractivity contribution >= 4 is 45.0 Å². The fourth-order valence-electron chi connectivity index (χ4n) is 1.60. The van der Waals surface area contributed by atoms with E-state index in [0.29, 0.717) is 0 Å². The molecule has 1 aromatic heterocycles. The summed E-state index contributed by atoms with van der Waals surface area (Å²) in [6, 6.07) is 4.19. The molecule has 88 valence electrons. The lowest BCUT2D eigenvalue weighted by Crippen LogP contribution is -2.45. The van der Waals surface area contributed by atoms with Gasteiger partial charge in [0.25, 0.3) is 0 Å². The third-order valence-electron chi connectivity index (χ3n) is 2.39. The normalized spacial score (nSPS) is 25.4. The molecule has 0 bridgehead atoms. The summed E-state index contributed by atoms with van der Waals surface area (Å²) in [6.45, 7) is 0. The summed E-state index contributed by atoms with van der Waals surface area (Å²) in [5.74, 6) is 1.61. The second-order valence-corrected chi connectivity index (χ2v) is 7.04. The summed E-state index contributed by atoms with van der Waals surface area (Å²) < 4.78 is 5.88. The van der Waals surface area contributed by atoms with Crippen molar-refractivity contribution < 1.29 is 9.53 Å². The number of ether oxygens (including phenoxy) is 1. The molecule has 0 spiro atoms. The van der Waals surface area contributed by atoms with E-state index in [2.05, 4.69) is 27.3 Å². The Bertz CT molecular complexity index is 383. The number of hydrogen-bond acceptors (Lipinski definition) is 5. The van der Waals surface area contributed by atoms with Crippen molar-refractivity contribution in [2.24, 2.45) is 0 Å². The first-order valence-corrected chi connectivity index (χ1v) is 7.64. The monoisotopic (exact) mass is 321 g/mol. The Balaban J connectivity index is 2.04. The number of nitrogens with one attached hydrogen (secondary N) is 1. The maximum absolute atomic E-state index is 11.4. The topological polar surface area (TPSA) is 38.3 Å². The van der Waals surface area contributed by atoms with E-state index in [-0.39, 0.29) is 18.1 Å². The number of carbonyl (C=O) groups is 1. The highest BCUT2D eigenvalue weighted by Gasteiger charge is 2.28. The molecule has 2 rings (SSSR count). The lowest BCUT2D eigenvalue weighted by atomic mass is 10.2. The highest BCUT2D eigenvalue weighted by molar-refractivity contribution is 9.11. The lowest BCUT2D eigenvalue weighted by molar-refractivity contribution is -0.142. The van der Waals surface area contributed by atoms with Gasteiger partial charge >= 0.3 is 5.97 Å². The van der Waals surface area contributed by atoms with Crippen LogP contribution in [-0.4, -0.2) is 30.6 Å². The van der Waals surface area contributed by atoms with Crippen LogP contribution < -0.4 is 5.32 Å². The van der Waals surface area contributed by atoms with Gasteiger partial charge in [0.05, 0.1) is 16.9 Å². The van der Waals surface area contributed by atoms with Crippen LogP contribution in [0.15, 0.2) is 15.9 Å². The number of carbonyl (C=O) groups excluding carboxylic acids is 1. The molecule has 1 fully saturated rings. The van der Waals surface area contributed by atoms with Crippen molar-refractivity contribution in [1.29, 1.82) is 0 Å². The SMILES string of the molecule is COC(=O)C1CSCC(c2ccc(Br)s2)N1. The average Bonchev–Trinajstić information content (AvgIpc) is 2.75. The van der Waals surface area contributed by atoms with E-state index in [1.54, 1.807) is 23.1 Å². The first kappa shape index (κ1) is 12.4. The van der Waals surface area contributed by atoms with Crippen molar-refractivity contribution in [3.05, 3.63) is 20.8 Å². The van der Waals surface area contributed by atoms with Crippen LogP contribution in [0.3, 0.4) is 0 Å². The van der Waals surface area contributed by atoms with Gasteiger partial charge in [-0.1, -0.05) is 0 Å². The second kappa shape index (κ2) is 5.53. The fourth-order valence-corrected chi connectivity index (χ4v) is 4.31. The van der Waals surface area contributed by atoms with Gasteiger partial charge in [0, 0.05) is 16.4 Å². The van der Waals surface area contributed by atoms with E-state index in [4.69, 9.17) is 4.74 Å². The summed E-state index contributed by atoms with van der Waals surface area (Å²) in [4.78, 5) is 12.7. The van der Waals surface area contributed by atoms with E-state index in [1.165, 1.54) is 12.0 Å². The molecule has 16 heavy (non-hydrogen) atoms. The van der Waals surface area contributed by atoms with Crippen molar-refractivity contribution in [3.8, 4) is 0 Å². The Kier molecular flexibility index (Phi) is 4.29. The minimum absolute atomic E-state index is 0.173. The number of thioether (sulfide) groups is 1. The van der Waals surface area contributed by atoms with Gasteiger partial charge in [-0.05, 0) is 28.1 Å². The smallest absolute Gasteiger partial charge is 0.323 e. The maximum Gasteiger partial charge on any atom is 0.323 e. The van der Waals surface area contributed by atoms with E-state index >= 15 is 0 Å². The van der Waals surface area contributed by atoms with Crippen LogP contribution in [0.2, 0.25) is 0 Å². The first-order valence-electron chi connectivity index (χ1n) is 4.87. The van der Waals surface area contributed by atoms with Crippen LogP contribution >= 0.6 is 39.0 Å². The van der Waals surface area contributed by atoms with Crippen LogP contribution in [0.4, 0.5) is 0 Å². The van der Waals surface area contributed by atoms with E-state index in [0.717, 1.165) is 15.3 Å². The third kappa shape index (κ3) is 2.80. The molecule has 1 aliphatic heterocycles. The first-order chi connectivity index (χ1) is 7.70. The van der Waals surface area contributed by atoms with Crippen molar-refractivity contribution in [2.75, 3.05) is 18.6 Å². The molecule has 3 nitrogen and oxygen atoms in total. The van der Waals surface area contributed by atoms with E-state index in [9.17, 15) is 4.79 Å². The number of esters is 1. The van der Waals surface area contributed by atoms with Gasteiger partial charge < -0.3 is 4.74 Å².